The number of carbonyl (C=O) groups is 4. The molecule has 0 bridgehead atoms. The van der Waals surface area contributed by atoms with Gasteiger partial charge in [-0.1, -0.05) is 6.07 Å². The highest BCUT2D eigenvalue weighted by Gasteiger charge is 2.36. The van der Waals surface area contributed by atoms with Crippen LogP contribution in [0.4, 0.5) is 20.3 Å². The number of likely N-dealkylation sites (tertiary alicyclic amines) is 2. The number of hydrogen-bond acceptors (Lipinski definition) is 10. The predicted octanol–water partition coefficient (Wildman–Crippen LogP) is 5.58. The number of benzene rings is 2. The van der Waals surface area contributed by atoms with Crippen molar-refractivity contribution < 1.29 is 32.7 Å². The molecule has 5 aliphatic rings. The summed E-state index contributed by atoms with van der Waals surface area (Å²) in [4.78, 5) is 72.3. The Balaban J connectivity index is 0.734. The molecule has 19 heteroatoms. The van der Waals surface area contributed by atoms with Crippen LogP contribution in [0.25, 0.3) is 22.2 Å². The molecule has 1 atom stereocenters. The number of amides is 4. The maximum atomic E-state index is 14.7. The molecule has 1 unspecified atom stereocenters. The molecule has 4 amide bonds. The van der Waals surface area contributed by atoms with E-state index in [9.17, 15) is 32.8 Å². The van der Waals surface area contributed by atoms with Crippen molar-refractivity contribution in [3.63, 3.8) is 0 Å². The minimum Gasteiger partial charge on any atom is -0.491 e. The summed E-state index contributed by atoms with van der Waals surface area (Å²) in [6.07, 6.45) is 8.04. The zero-order valence-electron chi connectivity index (χ0n) is 39.7. The first-order valence-electron chi connectivity index (χ1n) is 24.6. The first-order chi connectivity index (χ1) is 33.3. The van der Waals surface area contributed by atoms with Gasteiger partial charge in [0.15, 0.2) is 5.82 Å². The van der Waals surface area contributed by atoms with Crippen molar-refractivity contribution in [3.05, 3.63) is 75.6 Å². The minimum absolute atomic E-state index is 0.00962. The third-order valence-electron chi connectivity index (χ3n) is 15.2. The third-order valence-corrected chi connectivity index (χ3v) is 15.2. The fourth-order valence-corrected chi connectivity index (χ4v) is 11.4. The van der Waals surface area contributed by atoms with E-state index in [1.807, 2.05) is 28.0 Å². The molecule has 69 heavy (non-hydrogen) atoms. The van der Waals surface area contributed by atoms with Gasteiger partial charge in [0.1, 0.15) is 17.3 Å². The van der Waals surface area contributed by atoms with Crippen LogP contribution in [-0.2, 0) is 52.7 Å². The molecule has 5 aromatic rings. The highest BCUT2D eigenvalue weighted by atomic mass is 19.3. The molecule has 0 aliphatic carbocycles. The summed E-state index contributed by atoms with van der Waals surface area (Å²) in [5.41, 5.74) is 5.78. The second-order valence-electron chi connectivity index (χ2n) is 19.5. The number of halogens is 2. The fourth-order valence-electron chi connectivity index (χ4n) is 11.4. The maximum absolute atomic E-state index is 14.7. The Kier molecular flexibility index (Phi) is 12.9. The molecular formula is C50H61F2N11O6. The molecule has 3 fully saturated rings. The lowest BCUT2D eigenvalue weighted by Gasteiger charge is -2.34. The quantitative estimate of drug-likeness (QED) is 0.156. The Morgan fingerprint density at radius 2 is 1.72 bits per heavy atom. The van der Waals surface area contributed by atoms with Gasteiger partial charge in [-0.05, 0) is 112 Å². The summed E-state index contributed by atoms with van der Waals surface area (Å²) in [6.45, 7) is 7.62. The van der Waals surface area contributed by atoms with Crippen molar-refractivity contribution >= 4 is 46.2 Å². The lowest BCUT2D eigenvalue weighted by molar-refractivity contribution is -0.136. The number of piperidine rings is 3. The number of aryl methyl sites for hydroxylation is 3. The predicted molar refractivity (Wildman–Crippen MR) is 253 cm³/mol. The standard InChI is InChI=1S/C50H61F2N11O6/c1-31(64)60-24-17-39-38(29-60)48(61-19-5-7-33-25-36(34-27-53-56(2)28-34)37(47(51)52)26-42(33)61)55-63(39)35-15-22-59(23-16-35)45(66)10-6-18-58-20-13-32(14-21-58)30-69-43-9-4-8-40-46(43)57(3)50(68)62(40)41-11-12-44(65)54-49(41)67/h4,8-9,25-28,32,35,41,47H,5-7,10-24,29-30H2,1-3H3,(H,54,65,67). The second kappa shape index (κ2) is 19.2. The third kappa shape index (κ3) is 9.05. The molecule has 0 radical (unpaired) electrons. The molecular weight excluding hydrogens is 889 g/mol. The van der Waals surface area contributed by atoms with Crippen molar-refractivity contribution in [1.82, 2.24) is 48.7 Å². The SMILES string of the molecule is CC(=O)N1CCc2c(c(N3CCCc4cc(-c5cnn(C)c5)c(C(F)F)cc43)nn2C2CCN(C(=O)CCCN3CCC(COc4cccc5c4n(C)c(=O)n5C4CCC(=O)NC4=O)CC3)CC2)C1. The fraction of sp³-hybridized carbons (Fsp3) is 0.540. The van der Waals surface area contributed by atoms with E-state index in [2.05, 4.69) is 24.9 Å². The number of alkyl halides is 2. The summed E-state index contributed by atoms with van der Waals surface area (Å²) in [7, 11) is 3.45. The van der Waals surface area contributed by atoms with Gasteiger partial charge in [-0.15, -0.1) is 0 Å². The van der Waals surface area contributed by atoms with Gasteiger partial charge in [0, 0.05) is 101 Å². The van der Waals surface area contributed by atoms with Crippen LogP contribution in [0.5, 0.6) is 5.75 Å². The van der Waals surface area contributed by atoms with Crippen LogP contribution in [0.2, 0.25) is 0 Å². The average molecular weight is 950 g/mol. The lowest BCUT2D eigenvalue weighted by atomic mass is 9.92. The number of aromatic nitrogens is 6. The van der Waals surface area contributed by atoms with Crippen LogP contribution in [0.1, 0.15) is 106 Å². The molecule has 0 spiro atoms. The number of imide groups is 1. The van der Waals surface area contributed by atoms with Crippen molar-refractivity contribution in [3.8, 4) is 16.9 Å². The molecule has 2 aromatic carbocycles. The molecule has 1 N–H and O–H groups in total. The van der Waals surface area contributed by atoms with Gasteiger partial charge in [-0.25, -0.2) is 13.6 Å². The molecule has 5 aliphatic heterocycles. The number of ether oxygens (including phenoxy) is 1. The normalized spacial score (nSPS) is 19.6. The number of carbonyl (C=O) groups excluding carboxylic acids is 4. The van der Waals surface area contributed by atoms with Crippen LogP contribution in [0.15, 0.2) is 47.5 Å². The van der Waals surface area contributed by atoms with Gasteiger partial charge in [-0.2, -0.15) is 10.2 Å². The van der Waals surface area contributed by atoms with Gasteiger partial charge >= 0.3 is 5.69 Å². The average Bonchev–Trinajstić information content (AvgIpc) is 4.03. The summed E-state index contributed by atoms with van der Waals surface area (Å²) in [5, 5.41) is 11.9. The number of nitrogens with one attached hydrogen (secondary N) is 1. The molecule has 8 heterocycles. The number of hydrogen-bond donors (Lipinski definition) is 1. The van der Waals surface area contributed by atoms with E-state index in [0.717, 1.165) is 92.9 Å². The first kappa shape index (κ1) is 46.4. The Bertz CT molecular complexity index is 2850. The molecule has 10 rings (SSSR count). The molecule has 0 saturated carbocycles. The van der Waals surface area contributed by atoms with Crippen LogP contribution in [0, 0.1) is 5.92 Å². The zero-order valence-corrected chi connectivity index (χ0v) is 39.7. The highest BCUT2D eigenvalue weighted by Crippen LogP contribution is 2.44. The zero-order chi connectivity index (χ0) is 48.1. The van der Waals surface area contributed by atoms with E-state index in [0.29, 0.717) is 86.0 Å². The van der Waals surface area contributed by atoms with E-state index in [1.54, 1.807) is 50.2 Å². The van der Waals surface area contributed by atoms with E-state index in [-0.39, 0.29) is 47.9 Å². The number of fused-ring (bicyclic) bond motifs is 3. The largest absolute Gasteiger partial charge is 0.491 e. The van der Waals surface area contributed by atoms with Gasteiger partial charge in [0.25, 0.3) is 6.43 Å². The molecule has 366 valence electrons. The van der Waals surface area contributed by atoms with E-state index in [4.69, 9.17) is 9.84 Å². The number of rotatable bonds is 12. The Morgan fingerprint density at radius 3 is 2.45 bits per heavy atom. The van der Waals surface area contributed by atoms with Gasteiger partial charge in [-0.3, -0.25) is 43.0 Å². The minimum atomic E-state index is -2.68. The van der Waals surface area contributed by atoms with Crippen LogP contribution < -0.4 is 20.6 Å². The van der Waals surface area contributed by atoms with Crippen molar-refractivity contribution in [1.29, 1.82) is 0 Å². The first-order valence-corrected chi connectivity index (χ1v) is 24.6. The number of para-hydroxylation sites is 1. The summed E-state index contributed by atoms with van der Waals surface area (Å²) in [5.74, 6) is 1.00. The van der Waals surface area contributed by atoms with E-state index in [1.165, 1.54) is 9.13 Å². The summed E-state index contributed by atoms with van der Waals surface area (Å²) >= 11 is 0. The Labute approximate surface area is 398 Å². The second-order valence-corrected chi connectivity index (χ2v) is 19.5. The maximum Gasteiger partial charge on any atom is 0.329 e. The van der Waals surface area contributed by atoms with Crippen molar-refractivity contribution in [2.24, 2.45) is 20.0 Å². The van der Waals surface area contributed by atoms with E-state index < -0.39 is 18.4 Å². The van der Waals surface area contributed by atoms with Gasteiger partial charge < -0.3 is 24.3 Å². The van der Waals surface area contributed by atoms with Gasteiger partial charge in [0.2, 0.25) is 23.6 Å². The molecule has 3 aromatic heterocycles. The van der Waals surface area contributed by atoms with Crippen LogP contribution >= 0.6 is 0 Å². The number of anilines is 2. The number of nitrogens with zero attached hydrogens (tertiary/aromatic N) is 10. The number of imidazole rings is 1. The highest BCUT2D eigenvalue weighted by molar-refractivity contribution is 6.00. The van der Waals surface area contributed by atoms with Crippen LogP contribution in [-0.4, -0.2) is 119 Å². The summed E-state index contributed by atoms with van der Waals surface area (Å²) < 4.78 is 42.6. The molecule has 3 saturated heterocycles. The van der Waals surface area contributed by atoms with E-state index >= 15 is 0 Å². The Hall–Kier alpha value is -6.37. The summed E-state index contributed by atoms with van der Waals surface area (Å²) in [6, 6.07) is 8.31. The lowest BCUT2D eigenvalue weighted by Crippen LogP contribution is -2.44. The smallest absolute Gasteiger partial charge is 0.329 e. The van der Waals surface area contributed by atoms with Gasteiger partial charge in [0.05, 0.1) is 30.9 Å². The van der Waals surface area contributed by atoms with Crippen molar-refractivity contribution in [2.75, 3.05) is 57.3 Å². The Morgan fingerprint density at radius 1 is 0.928 bits per heavy atom. The monoisotopic (exact) mass is 949 g/mol. The van der Waals surface area contributed by atoms with Crippen molar-refractivity contribution in [2.45, 2.75) is 103 Å². The molecule has 17 nitrogen and oxygen atoms in total. The van der Waals surface area contributed by atoms with Crippen LogP contribution in [0.3, 0.4) is 0 Å². The topological polar surface area (TPSA) is 165 Å².